The number of aliphatic hydroxyl groups is 1. The van der Waals surface area contributed by atoms with Crippen LogP contribution in [-0.4, -0.2) is 25.7 Å². The number of nitriles is 1. The summed E-state index contributed by atoms with van der Waals surface area (Å²) in [6.45, 7) is 0. The summed E-state index contributed by atoms with van der Waals surface area (Å²) in [5, 5.41) is 17.9. The number of hydrogen-bond donors (Lipinski definition) is 2. The molecule has 0 atom stereocenters. The van der Waals surface area contributed by atoms with Gasteiger partial charge in [0.05, 0.1) is 22.8 Å². The first-order valence-corrected chi connectivity index (χ1v) is 7.18. The normalized spacial score (nSPS) is 23.2. The van der Waals surface area contributed by atoms with E-state index in [-0.39, 0.29) is 21.5 Å². The molecule has 0 amide bonds. The van der Waals surface area contributed by atoms with Crippen molar-refractivity contribution in [3.63, 3.8) is 0 Å². The Balaban J connectivity index is 2.27. The van der Waals surface area contributed by atoms with Crippen molar-refractivity contribution < 1.29 is 13.5 Å². The standard InChI is InChI=1S/C11H11ClN2O3S/c12-10-2-1-7(6-13)3-11(10)18(16,17)14-8-4-9(15)5-8/h1-3,8-9,14-15H,4-5H2. The predicted octanol–water partition coefficient (Wildman–Crippen LogP) is 1.01. The molecule has 7 heteroatoms. The molecule has 2 N–H and O–H groups in total. The fourth-order valence-electron chi connectivity index (χ4n) is 1.75. The molecule has 0 unspecified atom stereocenters. The Hall–Kier alpha value is -1.13. The lowest BCUT2D eigenvalue weighted by atomic mass is 9.91. The molecule has 0 heterocycles. The fraction of sp³-hybridized carbons (Fsp3) is 0.364. The minimum Gasteiger partial charge on any atom is -0.393 e. The number of rotatable bonds is 3. The van der Waals surface area contributed by atoms with Crippen LogP contribution >= 0.6 is 11.6 Å². The molecule has 1 fully saturated rings. The molecule has 1 aliphatic rings. The number of halogens is 1. The molecule has 1 aromatic rings. The number of benzene rings is 1. The molecule has 0 bridgehead atoms. The van der Waals surface area contributed by atoms with Crippen molar-refractivity contribution in [1.82, 2.24) is 4.72 Å². The first-order chi connectivity index (χ1) is 8.42. The van der Waals surface area contributed by atoms with Crippen LogP contribution < -0.4 is 4.72 Å². The van der Waals surface area contributed by atoms with E-state index < -0.39 is 16.1 Å². The highest BCUT2D eigenvalue weighted by Gasteiger charge is 2.32. The molecule has 2 rings (SSSR count). The highest BCUT2D eigenvalue weighted by Crippen LogP contribution is 2.26. The molecule has 1 saturated carbocycles. The zero-order chi connectivity index (χ0) is 13.3. The number of sulfonamides is 1. The Bertz CT molecular complexity index is 603. The van der Waals surface area contributed by atoms with E-state index in [0.29, 0.717) is 12.8 Å². The maximum Gasteiger partial charge on any atom is 0.242 e. The monoisotopic (exact) mass is 286 g/mol. The third kappa shape index (κ3) is 2.65. The Labute approximate surface area is 110 Å². The van der Waals surface area contributed by atoms with Crippen molar-refractivity contribution in [3.8, 4) is 6.07 Å². The summed E-state index contributed by atoms with van der Waals surface area (Å²) in [6.07, 6.45) is 0.349. The summed E-state index contributed by atoms with van der Waals surface area (Å²) in [7, 11) is -3.75. The summed E-state index contributed by atoms with van der Waals surface area (Å²) in [5.41, 5.74) is 0.230. The largest absolute Gasteiger partial charge is 0.393 e. The molecule has 0 radical (unpaired) electrons. The van der Waals surface area contributed by atoms with Crippen molar-refractivity contribution in [2.75, 3.05) is 0 Å². The smallest absolute Gasteiger partial charge is 0.242 e. The van der Waals surface area contributed by atoms with Crippen LogP contribution in [0.5, 0.6) is 0 Å². The van der Waals surface area contributed by atoms with Gasteiger partial charge in [0.15, 0.2) is 0 Å². The number of aliphatic hydroxyl groups excluding tert-OH is 1. The third-order valence-corrected chi connectivity index (χ3v) is 4.79. The summed E-state index contributed by atoms with van der Waals surface area (Å²) in [5.74, 6) is 0. The van der Waals surface area contributed by atoms with Crippen molar-refractivity contribution in [2.24, 2.45) is 0 Å². The van der Waals surface area contributed by atoms with Gasteiger partial charge in [0.1, 0.15) is 4.90 Å². The van der Waals surface area contributed by atoms with Crippen LogP contribution in [0.15, 0.2) is 23.1 Å². The van der Waals surface area contributed by atoms with Crippen LogP contribution in [0.1, 0.15) is 18.4 Å². The minimum absolute atomic E-state index is 0.0707. The van der Waals surface area contributed by atoms with E-state index in [2.05, 4.69) is 4.72 Å². The molecule has 0 spiro atoms. The fourth-order valence-corrected chi connectivity index (χ4v) is 3.53. The molecular formula is C11H11ClN2O3S. The van der Waals surface area contributed by atoms with Crippen molar-refractivity contribution in [1.29, 1.82) is 5.26 Å². The number of nitrogens with one attached hydrogen (secondary N) is 1. The van der Waals surface area contributed by atoms with Crippen LogP contribution in [0.4, 0.5) is 0 Å². The molecule has 0 saturated heterocycles. The van der Waals surface area contributed by atoms with E-state index in [9.17, 15) is 8.42 Å². The van der Waals surface area contributed by atoms with Gasteiger partial charge in [0.2, 0.25) is 10.0 Å². The molecule has 0 aliphatic heterocycles. The Kier molecular flexibility index (Phi) is 3.59. The minimum atomic E-state index is -3.75. The van der Waals surface area contributed by atoms with Crippen LogP contribution in [0.3, 0.4) is 0 Å². The second-order valence-electron chi connectivity index (χ2n) is 4.20. The highest BCUT2D eigenvalue weighted by molar-refractivity contribution is 7.89. The first kappa shape index (κ1) is 13.3. The van der Waals surface area contributed by atoms with E-state index in [4.69, 9.17) is 22.0 Å². The summed E-state index contributed by atoms with van der Waals surface area (Å²) in [4.78, 5) is -0.107. The van der Waals surface area contributed by atoms with E-state index in [1.54, 1.807) is 0 Å². The van der Waals surface area contributed by atoms with Gasteiger partial charge >= 0.3 is 0 Å². The molecule has 18 heavy (non-hydrogen) atoms. The molecule has 1 aromatic carbocycles. The summed E-state index contributed by atoms with van der Waals surface area (Å²) < 4.78 is 26.5. The Morgan fingerprint density at radius 1 is 1.44 bits per heavy atom. The average molecular weight is 287 g/mol. The van der Waals surface area contributed by atoms with Crippen molar-refractivity contribution in [3.05, 3.63) is 28.8 Å². The topological polar surface area (TPSA) is 90.2 Å². The molecule has 0 aromatic heterocycles. The first-order valence-electron chi connectivity index (χ1n) is 5.32. The second kappa shape index (κ2) is 4.86. The molecule has 96 valence electrons. The van der Waals surface area contributed by atoms with Gasteiger partial charge < -0.3 is 5.11 Å². The second-order valence-corrected chi connectivity index (χ2v) is 6.29. The average Bonchev–Trinajstić information content (AvgIpc) is 2.27. The van der Waals surface area contributed by atoms with E-state index in [1.807, 2.05) is 6.07 Å². The van der Waals surface area contributed by atoms with E-state index in [0.717, 1.165) is 0 Å². The highest BCUT2D eigenvalue weighted by atomic mass is 35.5. The molecular weight excluding hydrogens is 276 g/mol. The molecule has 5 nitrogen and oxygen atoms in total. The van der Waals surface area contributed by atoms with Crippen molar-refractivity contribution in [2.45, 2.75) is 29.9 Å². The lowest BCUT2D eigenvalue weighted by Gasteiger charge is -2.31. The van der Waals surface area contributed by atoms with Gasteiger partial charge in [-0.3, -0.25) is 0 Å². The lowest BCUT2D eigenvalue weighted by Crippen LogP contribution is -2.46. The van der Waals surface area contributed by atoms with Gasteiger partial charge in [-0.1, -0.05) is 11.6 Å². The molecule has 1 aliphatic carbocycles. The van der Waals surface area contributed by atoms with Gasteiger partial charge in [-0.2, -0.15) is 5.26 Å². The van der Waals surface area contributed by atoms with Crippen LogP contribution in [-0.2, 0) is 10.0 Å². The zero-order valence-corrected chi connectivity index (χ0v) is 10.9. The van der Waals surface area contributed by atoms with Gasteiger partial charge in [0.25, 0.3) is 0 Å². The maximum atomic E-state index is 12.0. The lowest BCUT2D eigenvalue weighted by molar-refractivity contribution is 0.0712. The van der Waals surface area contributed by atoms with Crippen LogP contribution in [0.2, 0.25) is 5.02 Å². The predicted molar refractivity (Wildman–Crippen MR) is 65.5 cm³/mol. The number of hydrogen-bond acceptors (Lipinski definition) is 4. The zero-order valence-electron chi connectivity index (χ0n) is 9.30. The van der Waals surface area contributed by atoms with Crippen LogP contribution in [0.25, 0.3) is 0 Å². The maximum absolute atomic E-state index is 12.0. The summed E-state index contributed by atoms with van der Waals surface area (Å²) >= 11 is 5.83. The van der Waals surface area contributed by atoms with E-state index >= 15 is 0 Å². The van der Waals surface area contributed by atoms with Gasteiger partial charge in [0, 0.05) is 6.04 Å². The summed E-state index contributed by atoms with van der Waals surface area (Å²) in [6, 6.07) is 5.66. The van der Waals surface area contributed by atoms with E-state index in [1.165, 1.54) is 18.2 Å². The van der Waals surface area contributed by atoms with Crippen LogP contribution in [0, 0.1) is 11.3 Å². The van der Waals surface area contributed by atoms with Gasteiger partial charge in [-0.05, 0) is 31.0 Å². The third-order valence-electron chi connectivity index (χ3n) is 2.78. The van der Waals surface area contributed by atoms with Gasteiger partial charge in [-0.25, -0.2) is 13.1 Å². The Morgan fingerprint density at radius 3 is 2.67 bits per heavy atom. The number of nitrogens with zero attached hydrogens (tertiary/aromatic N) is 1. The Morgan fingerprint density at radius 2 is 2.11 bits per heavy atom. The van der Waals surface area contributed by atoms with Crippen molar-refractivity contribution >= 4 is 21.6 Å². The quantitative estimate of drug-likeness (QED) is 0.868. The van der Waals surface area contributed by atoms with Gasteiger partial charge in [-0.15, -0.1) is 0 Å². The SMILES string of the molecule is N#Cc1ccc(Cl)c(S(=O)(=O)NC2CC(O)C2)c1.